The molecule has 3 N–H and O–H groups in total. The van der Waals surface area contributed by atoms with E-state index in [1.165, 1.54) is 6.26 Å². The van der Waals surface area contributed by atoms with E-state index in [2.05, 4.69) is 9.62 Å². The molecule has 1 atom stereocenters. The van der Waals surface area contributed by atoms with Crippen molar-refractivity contribution in [3.8, 4) is 0 Å². The van der Waals surface area contributed by atoms with Crippen LogP contribution in [0.3, 0.4) is 0 Å². The highest BCUT2D eigenvalue weighted by atomic mass is 32.2. The Labute approximate surface area is 108 Å². The molecule has 0 saturated carbocycles. The van der Waals surface area contributed by atoms with Gasteiger partial charge in [-0.05, 0) is 24.1 Å². The molecule has 1 saturated heterocycles. The van der Waals surface area contributed by atoms with Crippen LogP contribution in [0.2, 0.25) is 0 Å². The van der Waals surface area contributed by atoms with Crippen LogP contribution in [-0.4, -0.2) is 38.7 Å². The highest BCUT2D eigenvalue weighted by molar-refractivity contribution is 7.88. The molecule has 0 bridgehead atoms. The molecule has 1 aromatic rings. The van der Waals surface area contributed by atoms with E-state index in [9.17, 15) is 8.42 Å². The molecule has 5 nitrogen and oxygen atoms in total. The van der Waals surface area contributed by atoms with E-state index in [0.717, 1.165) is 37.3 Å². The van der Waals surface area contributed by atoms with Gasteiger partial charge in [0.05, 0.1) is 6.26 Å². The summed E-state index contributed by atoms with van der Waals surface area (Å²) in [5.74, 6) is 0. The number of benzene rings is 1. The summed E-state index contributed by atoms with van der Waals surface area (Å²) in [7, 11) is -3.11. The Bertz CT molecular complexity index is 516. The minimum absolute atomic E-state index is 0.0288. The number of nitrogens with one attached hydrogen (secondary N) is 1. The van der Waals surface area contributed by atoms with E-state index in [1.54, 1.807) is 0 Å². The first kappa shape index (κ1) is 13.3. The molecule has 1 aliphatic heterocycles. The minimum Gasteiger partial charge on any atom is -0.399 e. The van der Waals surface area contributed by atoms with E-state index < -0.39 is 10.0 Å². The Balaban J connectivity index is 1.90. The van der Waals surface area contributed by atoms with Gasteiger partial charge in [-0.15, -0.1) is 0 Å². The third-order valence-electron chi connectivity index (χ3n) is 3.01. The maximum absolute atomic E-state index is 11.2. The van der Waals surface area contributed by atoms with Crippen LogP contribution in [0.25, 0.3) is 0 Å². The molecular formula is C12H19N3O2S. The Morgan fingerprint density at radius 2 is 2.28 bits per heavy atom. The molecule has 0 aliphatic carbocycles. The van der Waals surface area contributed by atoms with Gasteiger partial charge in [-0.3, -0.25) is 4.90 Å². The summed E-state index contributed by atoms with van der Waals surface area (Å²) in [6.45, 7) is 2.47. The molecular weight excluding hydrogens is 250 g/mol. The van der Waals surface area contributed by atoms with Crippen LogP contribution in [0, 0.1) is 0 Å². The molecule has 0 radical (unpaired) electrons. The van der Waals surface area contributed by atoms with E-state index in [-0.39, 0.29) is 6.04 Å². The summed E-state index contributed by atoms with van der Waals surface area (Å²) in [5, 5.41) is 0. The summed E-state index contributed by atoms with van der Waals surface area (Å²) in [5.41, 5.74) is 7.66. The van der Waals surface area contributed by atoms with Gasteiger partial charge in [-0.2, -0.15) is 0 Å². The number of nitrogens with zero attached hydrogens (tertiary/aromatic N) is 1. The van der Waals surface area contributed by atoms with Crippen molar-refractivity contribution in [2.24, 2.45) is 0 Å². The third kappa shape index (κ3) is 3.97. The highest BCUT2D eigenvalue weighted by Crippen LogP contribution is 2.15. The van der Waals surface area contributed by atoms with E-state index in [4.69, 9.17) is 5.73 Å². The van der Waals surface area contributed by atoms with Gasteiger partial charge in [0.2, 0.25) is 10.0 Å². The van der Waals surface area contributed by atoms with Crippen molar-refractivity contribution >= 4 is 15.7 Å². The van der Waals surface area contributed by atoms with Gasteiger partial charge in [0, 0.05) is 31.4 Å². The van der Waals surface area contributed by atoms with Gasteiger partial charge in [0.15, 0.2) is 0 Å². The lowest BCUT2D eigenvalue weighted by atomic mass is 10.2. The summed E-state index contributed by atoms with van der Waals surface area (Å²) < 4.78 is 25.0. The summed E-state index contributed by atoms with van der Waals surface area (Å²) in [6, 6.07) is 7.82. The highest BCUT2D eigenvalue weighted by Gasteiger charge is 2.24. The van der Waals surface area contributed by atoms with Crippen molar-refractivity contribution in [2.75, 3.05) is 25.1 Å². The van der Waals surface area contributed by atoms with Crippen LogP contribution in [0.1, 0.15) is 12.0 Å². The number of rotatable bonds is 4. The van der Waals surface area contributed by atoms with Crippen LogP contribution in [0.15, 0.2) is 24.3 Å². The average Bonchev–Trinajstić information content (AvgIpc) is 2.62. The predicted octanol–water partition coefficient (Wildman–Crippen LogP) is 0.392. The van der Waals surface area contributed by atoms with Gasteiger partial charge in [-0.25, -0.2) is 13.1 Å². The molecule has 2 rings (SSSR count). The Morgan fingerprint density at radius 3 is 2.94 bits per heavy atom. The molecule has 1 fully saturated rings. The van der Waals surface area contributed by atoms with Crippen LogP contribution in [-0.2, 0) is 16.6 Å². The van der Waals surface area contributed by atoms with Crippen LogP contribution < -0.4 is 10.5 Å². The Hall–Kier alpha value is -1.11. The van der Waals surface area contributed by atoms with Crippen molar-refractivity contribution in [3.63, 3.8) is 0 Å². The SMILES string of the molecule is CS(=O)(=O)NC1CCN(Cc2cccc(N)c2)C1. The molecule has 18 heavy (non-hydrogen) atoms. The second kappa shape index (κ2) is 5.26. The lowest BCUT2D eigenvalue weighted by Crippen LogP contribution is -2.36. The van der Waals surface area contributed by atoms with Crippen molar-refractivity contribution in [2.45, 2.75) is 19.0 Å². The molecule has 1 aromatic carbocycles. The van der Waals surface area contributed by atoms with Gasteiger partial charge in [-0.1, -0.05) is 12.1 Å². The fourth-order valence-corrected chi connectivity index (χ4v) is 3.12. The standard InChI is InChI=1S/C12H19N3O2S/c1-18(16,17)14-12-5-6-15(9-12)8-10-3-2-4-11(13)7-10/h2-4,7,12,14H,5-6,8-9,13H2,1H3. The smallest absolute Gasteiger partial charge is 0.208 e. The maximum atomic E-state index is 11.2. The first-order chi connectivity index (χ1) is 8.42. The lowest BCUT2D eigenvalue weighted by Gasteiger charge is -2.16. The molecule has 0 aromatic heterocycles. The zero-order chi connectivity index (χ0) is 13.2. The second-order valence-electron chi connectivity index (χ2n) is 4.86. The number of sulfonamides is 1. The van der Waals surface area contributed by atoms with E-state index in [0.29, 0.717) is 0 Å². The summed E-state index contributed by atoms with van der Waals surface area (Å²) in [4.78, 5) is 2.23. The minimum atomic E-state index is -3.11. The van der Waals surface area contributed by atoms with Crippen LogP contribution >= 0.6 is 0 Å². The number of anilines is 1. The van der Waals surface area contributed by atoms with Gasteiger partial charge >= 0.3 is 0 Å². The molecule has 0 amide bonds. The lowest BCUT2D eigenvalue weighted by molar-refractivity contribution is 0.325. The van der Waals surface area contributed by atoms with Crippen molar-refractivity contribution in [3.05, 3.63) is 29.8 Å². The third-order valence-corrected chi connectivity index (χ3v) is 3.77. The van der Waals surface area contributed by atoms with Gasteiger partial charge < -0.3 is 5.73 Å². The second-order valence-corrected chi connectivity index (χ2v) is 6.64. The first-order valence-electron chi connectivity index (χ1n) is 5.96. The Morgan fingerprint density at radius 1 is 1.50 bits per heavy atom. The van der Waals surface area contributed by atoms with Crippen molar-refractivity contribution in [1.82, 2.24) is 9.62 Å². The molecule has 1 aliphatic rings. The molecule has 6 heteroatoms. The summed E-state index contributed by atoms with van der Waals surface area (Å²) >= 11 is 0. The fourth-order valence-electron chi connectivity index (χ4n) is 2.32. The Kier molecular flexibility index (Phi) is 3.89. The average molecular weight is 269 g/mol. The zero-order valence-electron chi connectivity index (χ0n) is 10.5. The quantitative estimate of drug-likeness (QED) is 0.776. The van der Waals surface area contributed by atoms with Gasteiger partial charge in [0.1, 0.15) is 0 Å². The van der Waals surface area contributed by atoms with E-state index in [1.807, 2.05) is 24.3 Å². The number of nitrogens with two attached hydrogens (primary N) is 1. The molecule has 1 unspecified atom stereocenters. The van der Waals surface area contributed by atoms with Gasteiger partial charge in [0.25, 0.3) is 0 Å². The fraction of sp³-hybridized carbons (Fsp3) is 0.500. The normalized spacial score (nSPS) is 21.3. The van der Waals surface area contributed by atoms with E-state index >= 15 is 0 Å². The molecule has 1 heterocycles. The number of likely N-dealkylation sites (tertiary alicyclic amines) is 1. The number of hydrogen-bond acceptors (Lipinski definition) is 4. The summed E-state index contributed by atoms with van der Waals surface area (Å²) in [6.07, 6.45) is 2.06. The topological polar surface area (TPSA) is 75.4 Å². The number of hydrogen-bond donors (Lipinski definition) is 2. The molecule has 100 valence electrons. The van der Waals surface area contributed by atoms with Crippen molar-refractivity contribution in [1.29, 1.82) is 0 Å². The maximum Gasteiger partial charge on any atom is 0.208 e. The predicted molar refractivity (Wildman–Crippen MR) is 72.5 cm³/mol. The molecule has 0 spiro atoms. The number of nitrogen functional groups attached to an aromatic ring is 1. The van der Waals surface area contributed by atoms with Crippen LogP contribution in [0.4, 0.5) is 5.69 Å². The van der Waals surface area contributed by atoms with Crippen LogP contribution in [0.5, 0.6) is 0 Å². The monoisotopic (exact) mass is 269 g/mol. The largest absolute Gasteiger partial charge is 0.399 e. The van der Waals surface area contributed by atoms with Crippen molar-refractivity contribution < 1.29 is 8.42 Å². The first-order valence-corrected chi connectivity index (χ1v) is 7.85. The zero-order valence-corrected chi connectivity index (χ0v) is 11.3.